The number of esters is 4. The van der Waals surface area contributed by atoms with Crippen molar-refractivity contribution < 1.29 is 72.2 Å². The Labute approximate surface area is 409 Å². The molecule has 12 atom stereocenters. The number of nitrogens with one attached hydrogen (secondary N) is 1. The van der Waals surface area contributed by atoms with Gasteiger partial charge in [0.1, 0.15) is 30.0 Å². The molecule has 70 heavy (non-hydrogen) atoms. The highest BCUT2D eigenvalue weighted by atomic mass is 28.4. The van der Waals surface area contributed by atoms with Crippen LogP contribution in [-0.4, -0.2) is 120 Å². The van der Waals surface area contributed by atoms with Crippen LogP contribution in [0.3, 0.4) is 0 Å². The third kappa shape index (κ3) is 8.82. The van der Waals surface area contributed by atoms with Crippen molar-refractivity contribution in [3.63, 3.8) is 0 Å². The fraction of sp³-hybridized carbons (Fsp3) is 0.509. The molecule has 0 spiro atoms. The molecule has 1 saturated heterocycles. The van der Waals surface area contributed by atoms with Crippen LogP contribution in [0.25, 0.3) is 0 Å². The molecule has 3 aromatic carbocycles. The minimum Gasteiger partial charge on any atom is -0.456 e. The molecule has 376 valence electrons. The smallest absolute Gasteiger partial charge is 0.338 e. The van der Waals surface area contributed by atoms with Crippen LogP contribution in [0.5, 0.6) is 0 Å². The molecule has 1 aliphatic heterocycles. The van der Waals surface area contributed by atoms with Gasteiger partial charge in [-0.25, -0.2) is 9.59 Å². The van der Waals surface area contributed by atoms with Gasteiger partial charge < -0.3 is 48.7 Å². The van der Waals surface area contributed by atoms with Crippen molar-refractivity contribution in [2.24, 2.45) is 16.7 Å². The van der Waals surface area contributed by atoms with Crippen molar-refractivity contribution in [3.05, 3.63) is 119 Å². The van der Waals surface area contributed by atoms with E-state index >= 15 is 9.59 Å². The summed E-state index contributed by atoms with van der Waals surface area (Å²) < 4.78 is 37.8. The number of aliphatic hydroxyl groups is 3. The van der Waals surface area contributed by atoms with Crippen LogP contribution in [0.15, 0.2) is 102 Å². The van der Waals surface area contributed by atoms with Gasteiger partial charge in [-0.3, -0.25) is 19.2 Å². The zero-order valence-electron chi connectivity index (χ0n) is 41.5. The molecule has 1 heterocycles. The normalized spacial score (nSPS) is 31.2. The lowest BCUT2D eigenvalue weighted by Crippen LogP contribution is -2.85. The number of carbonyl (C=O) groups excluding carboxylic acids is 6. The van der Waals surface area contributed by atoms with Crippen LogP contribution in [0.2, 0.25) is 18.1 Å². The fourth-order valence-corrected chi connectivity index (χ4v) is 12.1. The van der Waals surface area contributed by atoms with E-state index in [1.165, 1.54) is 19.1 Å². The van der Waals surface area contributed by atoms with Gasteiger partial charge in [0, 0.05) is 31.2 Å². The van der Waals surface area contributed by atoms with Crippen molar-refractivity contribution in [1.29, 1.82) is 0 Å². The number of Topliss-reactive ketones (excluding diaryl/α,β-unsaturated/α-hetero) is 1. The summed E-state index contributed by atoms with van der Waals surface area (Å²) in [6.45, 7) is 17.5. The minimum atomic E-state index is -2.96. The molecule has 2 saturated carbocycles. The molecule has 4 N–H and O–H groups in total. The lowest BCUT2D eigenvalue weighted by molar-refractivity contribution is -0.369. The lowest BCUT2D eigenvalue weighted by Gasteiger charge is -2.68. The summed E-state index contributed by atoms with van der Waals surface area (Å²) in [6.07, 6.45) is -12.8. The Morgan fingerprint density at radius 2 is 1.37 bits per heavy atom. The number of rotatable bonds is 12. The molecule has 0 unspecified atom stereocenters. The Balaban J connectivity index is 1.46. The molecule has 2 bridgehead atoms. The highest BCUT2D eigenvalue weighted by Crippen LogP contribution is 2.64. The zero-order chi connectivity index (χ0) is 51.5. The Bertz CT molecular complexity index is 2540. The van der Waals surface area contributed by atoms with Crippen LogP contribution >= 0.6 is 0 Å². The molecular weight excluding hydrogens is 919 g/mol. The van der Waals surface area contributed by atoms with Gasteiger partial charge >= 0.3 is 23.9 Å². The summed E-state index contributed by atoms with van der Waals surface area (Å²) in [7, 11) is -2.96. The van der Waals surface area contributed by atoms with Crippen LogP contribution in [0.4, 0.5) is 0 Å². The summed E-state index contributed by atoms with van der Waals surface area (Å²) in [5.41, 5.74) is -7.54. The molecule has 4 aliphatic rings. The maximum Gasteiger partial charge on any atom is 0.338 e. The Kier molecular flexibility index (Phi) is 14.1. The van der Waals surface area contributed by atoms with Gasteiger partial charge in [-0.05, 0) is 73.0 Å². The molecule has 1 amide bonds. The molecule has 16 nitrogen and oxygen atoms in total. The second kappa shape index (κ2) is 18.9. The van der Waals surface area contributed by atoms with E-state index in [0.29, 0.717) is 11.1 Å². The number of amides is 1. The van der Waals surface area contributed by atoms with E-state index in [1.54, 1.807) is 99.6 Å². The largest absolute Gasteiger partial charge is 0.456 e. The third-order valence-electron chi connectivity index (χ3n) is 15.7. The van der Waals surface area contributed by atoms with Crippen LogP contribution in [-0.2, 0) is 47.3 Å². The van der Waals surface area contributed by atoms with Crippen molar-refractivity contribution in [3.8, 4) is 0 Å². The molecular formula is C53H65NO15Si. The maximum absolute atomic E-state index is 15.8. The second-order valence-corrected chi connectivity index (χ2v) is 26.1. The van der Waals surface area contributed by atoms with E-state index in [1.807, 2.05) is 33.9 Å². The molecule has 3 fully saturated rings. The first-order valence-electron chi connectivity index (χ1n) is 23.5. The van der Waals surface area contributed by atoms with Gasteiger partial charge in [-0.1, -0.05) is 101 Å². The Morgan fingerprint density at radius 3 is 1.89 bits per heavy atom. The van der Waals surface area contributed by atoms with Gasteiger partial charge in [0.25, 0.3) is 5.91 Å². The number of carbonyl (C=O) groups is 6. The molecule has 7 rings (SSSR count). The summed E-state index contributed by atoms with van der Waals surface area (Å²) in [6, 6.07) is 23.9. The third-order valence-corrected chi connectivity index (χ3v) is 20.2. The van der Waals surface area contributed by atoms with Gasteiger partial charge in [-0.15, -0.1) is 0 Å². The summed E-state index contributed by atoms with van der Waals surface area (Å²) in [5.74, 6) is -6.96. The van der Waals surface area contributed by atoms with Crippen LogP contribution < -0.4 is 5.32 Å². The average Bonchev–Trinajstić information content (AvgIpc) is 3.29. The SMILES string of the molecule is CC(=O)O[C@H]1C(=O)[C@]2(C)[C@H](O)[C@H](O)[C@H]3OC[C@@]3(OC(C)=O)[C@H]2[C@H](OC(=O)c2ccccc2)[C@@]2(O)C[C@H](OC(=O)[C@H](O[Si](C)(C)C(C)(C)C)[C@@H](NC(=O)c3ccccc3)c3ccccc3)C(C)=C1C2(C)C. The van der Waals surface area contributed by atoms with E-state index in [4.69, 9.17) is 28.1 Å². The van der Waals surface area contributed by atoms with Crippen molar-refractivity contribution in [2.45, 2.75) is 147 Å². The monoisotopic (exact) mass is 983 g/mol. The number of hydrogen-bond donors (Lipinski definition) is 4. The van der Waals surface area contributed by atoms with Gasteiger partial charge in [0.15, 0.2) is 31.9 Å². The highest BCUT2D eigenvalue weighted by molar-refractivity contribution is 6.74. The van der Waals surface area contributed by atoms with Gasteiger partial charge in [-0.2, -0.15) is 0 Å². The quantitative estimate of drug-likeness (QED) is 0.0735. The molecule has 3 aliphatic carbocycles. The summed E-state index contributed by atoms with van der Waals surface area (Å²) in [4.78, 5) is 86.3. The minimum absolute atomic E-state index is 0.0336. The highest BCUT2D eigenvalue weighted by Gasteiger charge is 2.80. The summed E-state index contributed by atoms with van der Waals surface area (Å²) >= 11 is 0. The standard InChI is InChI=1S/C53H65NO15Si/c1-29-35(66-48(62)40(69-70(10,11)49(4,5)6)37(32-21-15-12-16-22-32)54-46(60)33-23-17-13-18-24-33)27-53(63)45(67-47(61)34-25-19-14-20-26-34)41-51(9,43(59)39(65-30(2)55)36(29)50(53,7)8)42(58)38(57)44-52(41,28-64-44)68-31(3)56/h12-26,35,37-42,44-45,57-58,63H,27-28H2,1-11H3,(H,54,60)/t35-,37-,38-,39+,40+,41-,42+,44+,45-,51-,52+,53-/m0/s1. The predicted molar refractivity (Wildman–Crippen MR) is 255 cm³/mol. The Morgan fingerprint density at radius 1 is 0.814 bits per heavy atom. The average molecular weight is 984 g/mol. The number of hydrogen-bond acceptors (Lipinski definition) is 15. The van der Waals surface area contributed by atoms with Crippen LogP contribution in [0, 0.1) is 16.7 Å². The number of ether oxygens (including phenoxy) is 5. The van der Waals surface area contributed by atoms with E-state index in [2.05, 4.69) is 5.32 Å². The van der Waals surface area contributed by atoms with Gasteiger partial charge in [0.2, 0.25) is 0 Å². The summed E-state index contributed by atoms with van der Waals surface area (Å²) in [5, 5.41) is 40.5. The van der Waals surface area contributed by atoms with E-state index < -0.39 is 139 Å². The number of ketones is 1. The predicted octanol–water partition coefficient (Wildman–Crippen LogP) is 5.74. The number of fused-ring (bicyclic) bond motifs is 5. The van der Waals surface area contributed by atoms with E-state index in [9.17, 15) is 34.5 Å². The first kappa shape index (κ1) is 52.3. The van der Waals surface area contributed by atoms with Crippen molar-refractivity contribution >= 4 is 43.9 Å². The maximum atomic E-state index is 15.8. The van der Waals surface area contributed by atoms with Crippen LogP contribution in [0.1, 0.15) is 101 Å². The topological polar surface area (TPSA) is 231 Å². The Hall–Kier alpha value is -5.56. The second-order valence-electron chi connectivity index (χ2n) is 21.3. The van der Waals surface area contributed by atoms with E-state index in [0.717, 1.165) is 13.8 Å². The molecule has 17 heteroatoms. The van der Waals surface area contributed by atoms with Crippen molar-refractivity contribution in [1.82, 2.24) is 5.32 Å². The molecule has 0 aromatic heterocycles. The molecule has 0 radical (unpaired) electrons. The van der Waals surface area contributed by atoms with Gasteiger partial charge in [0.05, 0.1) is 35.6 Å². The van der Waals surface area contributed by atoms with Crippen molar-refractivity contribution in [2.75, 3.05) is 6.61 Å². The fourth-order valence-electron chi connectivity index (χ4n) is 10.9. The number of benzene rings is 3. The van der Waals surface area contributed by atoms with E-state index in [-0.39, 0.29) is 16.7 Å². The molecule has 3 aromatic rings. The lowest BCUT2D eigenvalue weighted by atomic mass is 9.44. The zero-order valence-corrected chi connectivity index (χ0v) is 42.5. The first-order valence-corrected chi connectivity index (χ1v) is 26.4. The number of aliphatic hydroxyl groups excluding tert-OH is 2. The first-order chi connectivity index (χ1) is 32.6.